The molecule has 0 N–H and O–H groups in total. The van der Waals surface area contributed by atoms with E-state index in [9.17, 15) is 0 Å². The van der Waals surface area contributed by atoms with Gasteiger partial charge in [0.1, 0.15) is 0 Å². The Hall–Kier alpha value is -0.643. The van der Waals surface area contributed by atoms with E-state index in [0.717, 1.165) is 29.1 Å². The quantitative estimate of drug-likeness (QED) is 0.601. The standard InChI is InChI=1S/C19H30ClNOSi/c1-18(2,3)23(6,7)22-19(4,5)17-13-12-16(21-17)14-10-8-9-11-15(14)20/h8-11,17H,12-13H2,1-7H3/t17-/m1/s1. The van der Waals surface area contributed by atoms with Crippen molar-refractivity contribution in [2.75, 3.05) is 0 Å². The molecule has 1 aliphatic heterocycles. The number of rotatable bonds is 4. The number of hydrogen-bond acceptors (Lipinski definition) is 2. The summed E-state index contributed by atoms with van der Waals surface area (Å²) in [6.07, 6.45) is 2.00. The van der Waals surface area contributed by atoms with Crippen LogP contribution < -0.4 is 0 Å². The molecule has 0 aliphatic carbocycles. The highest BCUT2D eigenvalue weighted by molar-refractivity contribution is 6.74. The van der Waals surface area contributed by atoms with Crippen LogP contribution in [-0.4, -0.2) is 25.7 Å². The maximum atomic E-state index is 6.69. The highest BCUT2D eigenvalue weighted by Crippen LogP contribution is 2.41. The minimum atomic E-state index is -1.82. The zero-order chi connectivity index (χ0) is 17.5. The van der Waals surface area contributed by atoms with Crippen LogP contribution in [0.3, 0.4) is 0 Å². The fraction of sp³-hybridized carbons (Fsp3) is 0.632. The Morgan fingerprint density at radius 3 is 2.30 bits per heavy atom. The van der Waals surface area contributed by atoms with Crippen molar-refractivity contribution in [3.63, 3.8) is 0 Å². The summed E-state index contributed by atoms with van der Waals surface area (Å²) >= 11 is 6.33. The first-order valence-electron chi connectivity index (χ1n) is 8.46. The molecule has 0 aromatic heterocycles. The lowest BCUT2D eigenvalue weighted by molar-refractivity contribution is 0.0651. The van der Waals surface area contributed by atoms with Crippen molar-refractivity contribution in [3.05, 3.63) is 34.9 Å². The van der Waals surface area contributed by atoms with Gasteiger partial charge in [0.15, 0.2) is 8.32 Å². The van der Waals surface area contributed by atoms with E-state index in [1.54, 1.807) is 0 Å². The van der Waals surface area contributed by atoms with Gasteiger partial charge >= 0.3 is 0 Å². The highest BCUT2D eigenvalue weighted by atomic mass is 35.5. The van der Waals surface area contributed by atoms with E-state index in [2.05, 4.69) is 53.8 Å². The number of halogens is 1. The van der Waals surface area contributed by atoms with Crippen LogP contribution in [-0.2, 0) is 4.43 Å². The van der Waals surface area contributed by atoms with Crippen LogP contribution in [0.2, 0.25) is 23.2 Å². The van der Waals surface area contributed by atoms with Crippen LogP contribution in [0.1, 0.15) is 53.0 Å². The molecule has 0 spiro atoms. The maximum Gasteiger partial charge on any atom is 0.192 e. The third kappa shape index (κ3) is 4.07. The molecule has 1 aromatic rings. The normalized spacial score (nSPS) is 19.8. The minimum absolute atomic E-state index is 0.197. The predicted molar refractivity (Wildman–Crippen MR) is 103 cm³/mol. The van der Waals surface area contributed by atoms with E-state index < -0.39 is 8.32 Å². The van der Waals surface area contributed by atoms with E-state index in [0.29, 0.717) is 0 Å². The van der Waals surface area contributed by atoms with E-state index in [1.165, 1.54) is 0 Å². The molecular weight excluding hydrogens is 322 g/mol. The van der Waals surface area contributed by atoms with E-state index >= 15 is 0 Å². The molecule has 23 heavy (non-hydrogen) atoms. The van der Waals surface area contributed by atoms with Crippen molar-refractivity contribution in [1.82, 2.24) is 0 Å². The Morgan fingerprint density at radius 1 is 1.13 bits per heavy atom. The summed E-state index contributed by atoms with van der Waals surface area (Å²) in [5.41, 5.74) is 1.94. The Labute approximate surface area is 147 Å². The third-order valence-electron chi connectivity index (χ3n) is 5.28. The number of nitrogens with zero attached hydrogens (tertiary/aromatic N) is 1. The Balaban J connectivity index is 2.21. The van der Waals surface area contributed by atoms with Gasteiger partial charge in [0, 0.05) is 16.3 Å². The molecule has 128 valence electrons. The molecule has 1 aromatic carbocycles. The van der Waals surface area contributed by atoms with Crippen molar-refractivity contribution >= 4 is 25.6 Å². The SMILES string of the molecule is CC(C)(O[Si](C)(C)C(C)(C)C)[C@H]1CCC(c2ccccc2Cl)=N1. The molecule has 0 fully saturated rings. The van der Waals surface area contributed by atoms with Crippen molar-refractivity contribution < 1.29 is 4.43 Å². The number of aliphatic imine (C=N–C) groups is 1. The monoisotopic (exact) mass is 351 g/mol. The minimum Gasteiger partial charge on any atom is -0.410 e. The Bertz CT molecular complexity index is 602. The first kappa shape index (κ1) is 18.7. The summed E-state index contributed by atoms with van der Waals surface area (Å²) in [6, 6.07) is 8.18. The molecule has 2 nitrogen and oxygen atoms in total. The van der Waals surface area contributed by atoms with Crippen LogP contribution >= 0.6 is 11.6 Å². The first-order chi connectivity index (χ1) is 10.4. The van der Waals surface area contributed by atoms with Gasteiger partial charge in [0.25, 0.3) is 0 Å². The molecule has 0 amide bonds. The average molecular weight is 352 g/mol. The lowest BCUT2D eigenvalue weighted by atomic mass is 9.97. The zero-order valence-corrected chi connectivity index (χ0v) is 17.3. The largest absolute Gasteiger partial charge is 0.410 e. The molecule has 0 saturated carbocycles. The van der Waals surface area contributed by atoms with Gasteiger partial charge in [-0.2, -0.15) is 0 Å². The second kappa shape index (κ2) is 6.34. The summed E-state index contributed by atoms with van der Waals surface area (Å²) in [5, 5.41) is 0.994. The van der Waals surface area contributed by atoms with Gasteiger partial charge in [-0.3, -0.25) is 4.99 Å². The Morgan fingerprint density at radius 2 is 1.74 bits per heavy atom. The Kier molecular flexibility index (Phi) is 5.15. The van der Waals surface area contributed by atoms with Crippen molar-refractivity contribution in [2.45, 2.75) is 77.2 Å². The average Bonchev–Trinajstić information content (AvgIpc) is 2.87. The summed E-state index contributed by atoms with van der Waals surface area (Å²) in [4.78, 5) is 4.99. The van der Waals surface area contributed by atoms with Crippen LogP contribution in [0, 0.1) is 0 Å². The predicted octanol–water partition coefficient (Wildman–Crippen LogP) is 6.09. The van der Waals surface area contributed by atoms with Gasteiger partial charge in [-0.25, -0.2) is 0 Å². The smallest absolute Gasteiger partial charge is 0.192 e. The lowest BCUT2D eigenvalue weighted by Crippen LogP contribution is -2.51. The molecule has 0 unspecified atom stereocenters. The molecule has 1 heterocycles. The van der Waals surface area contributed by atoms with Gasteiger partial charge in [0.2, 0.25) is 0 Å². The van der Waals surface area contributed by atoms with Crippen molar-refractivity contribution in [2.24, 2.45) is 4.99 Å². The fourth-order valence-electron chi connectivity index (χ4n) is 2.87. The van der Waals surface area contributed by atoms with Crippen LogP contribution in [0.15, 0.2) is 29.3 Å². The second-order valence-electron chi connectivity index (χ2n) is 8.58. The molecule has 1 aliphatic rings. The summed E-state index contributed by atoms with van der Waals surface area (Å²) in [6.45, 7) is 15.8. The molecule has 0 bridgehead atoms. The van der Waals surface area contributed by atoms with E-state index in [-0.39, 0.29) is 16.7 Å². The highest BCUT2D eigenvalue weighted by Gasteiger charge is 2.44. The number of benzene rings is 1. The van der Waals surface area contributed by atoms with Gasteiger partial charge in [-0.1, -0.05) is 50.6 Å². The molecule has 0 saturated heterocycles. The topological polar surface area (TPSA) is 21.6 Å². The summed E-state index contributed by atoms with van der Waals surface area (Å²) in [7, 11) is -1.82. The first-order valence-corrected chi connectivity index (χ1v) is 11.7. The lowest BCUT2D eigenvalue weighted by Gasteiger charge is -2.44. The van der Waals surface area contributed by atoms with Gasteiger partial charge in [-0.05, 0) is 50.9 Å². The van der Waals surface area contributed by atoms with Crippen molar-refractivity contribution in [3.8, 4) is 0 Å². The maximum absolute atomic E-state index is 6.69. The zero-order valence-electron chi connectivity index (χ0n) is 15.5. The van der Waals surface area contributed by atoms with Crippen molar-refractivity contribution in [1.29, 1.82) is 0 Å². The fourth-order valence-corrected chi connectivity index (χ4v) is 4.87. The molecule has 1 atom stereocenters. The van der Waals surface area contributed by atoms with Crippen LogP contribution in [0.25, 0.3) is 0 Å². The van der Waals surface area contributed by atoms with Crippen LogP contribution in [0.5, 0.6) is 0 Å². The molecular formula is C19H30ClNOSi. The number of hydrogen-bond donors (Lipinski definition) is 0. The molecule has 0 radical (unpaired) electrons. The summed E-state index contributed by atoms with van der Waals surface area (Å²) in [5.74, 6) is 0. The summed E-state index contributed by atoms with van der Waals surface area (Å²) < 4.78 is 6.69. The van der Waals surface area contributed by atoms with Gasteiger partial charge < -0.3 is 4.43 Å². The second-order valence-corrected chi connectivity index (χ2v) is 13.7. The van der Waals surface area contributed by atoms with Gasteiger partial charge in [-0.15, -0.1) is 0 Å². The molecule has 2 rings (SSSR count). The van der Waals surface area contributed by atoms with E-state index in [4.69, 9.17) is 21.0 Å². The van der Waals surface area contributed by atoms with Gasteiger partial charge in [0.05, 0.1) is 11.6 Å². The van der Waals surface area contributed by atoms with E-state index in [1.807, 2.05) is 18.2 Å². The molecule has 4 heteroatoms. The van der Waals surface area contributed by atoms with Crippen LogP contribution in [0.4, 0.5) is 0 Å². The third-order valence-corrected chi connectivity index (χ3v) is 10.3.